The average molecular weight is 372 g/mol. The van der Waals surface area contributed by atoms with Crippen molar-refractivity contribution in [1.29, 1.82) is 0 Å². The molecule has 8 heteroatoms. The number of hydrogen-bond acceptors (Lipinski definition) is 3. The normalized spacial score (nSPS) is 15.0. The van der Waals surface area contributed by atoms with Crippen molar-refractivity contribution in [2.75, 3.05) is 26.7 Å². The van der Waals surface area contributed by atoms with Crippen LogP contribution in [0.4, 0.5) is 14.0 Å². The number of piperidine rings is 1. The van der Waals surface area contributed by atoms with E-state index < -0.39 is 5.82 Å². The summed E-state index contributed by atoms with van der Waals surface area (Å²) < 4.78 is 18.8. The highest BCUT2D eigenvalue weighted by molar-refractivity contribution is 6.31. The lowest BCUT2D eigenvalue weighted by atomic mass is 10.1. The number of rotatable bonds is 4. The number of carbonyl (C=O) groups excluding carboxylic acids is 2. The van der Waals surface area contributed by atoms with Crippen molar-refractivity contribution in [2.45, 2.75) is 32.4 Å². The molecule has 138 valence electrons. The van der Waals surface area contributed by atoms with E-state index in [9.17, 15) is 14.0 Å². The molecule has 0 radical (unpaired) electrons. The summed E-state index contributed by atoms with van der Waals surface area (Å²) in [6.07, 6.45) is 0.983. The molecular formula is C17H23ClFN3O3. The Morgan fingerprint density at radius 1 is 1.40 bits per heavy atom. The van der Waals surface area contributed by atoms with E-state index >= 15 is 0 Å². The zero-order valence-corrected chi connectivity index (χ0v) is 15.2. The molecular weight excluding hydrogens is 349 g/mol. The second-order valence-corrected chi connectivity index (χ2v) is 6.37. The largest absolute Gasteiger partial charge is 0.450 e. The lowest BCUT2D eigenvalue weighted by Crippen LogP contribution is -2.49. The van der Waals surface area contributed by atoms with Gasteiger partial charge in [-0.3, -0.25) is 0 Å². The van der Waals surface area contributed by atoms with Crippen LogP contribution < -0.4 is 5.32 Å². The summed E-state index contributed by atoms with van der Waals surface area (Å²) in [6.45, 7) is 3.26. The van der Waals surface area contributed by atoms with Gasteiger partial charge in [0.2, 0.25) is 0 Å². The molecule has 0 unspecified atom stereocenters. The van der Waals surface area contributed by atoms with Crippen LogP contribution in [-0.2, 0) is 11.3 Å². The first kappa shape index (κ1) is 19.3. The summed E-state index contributed by atoms with van der Waals surface area (Å²) in [5, 5.41) is 3.21. The number of nitrogens with one attached hydrogen (secondary N) is 1. The molecule has 0 bridgehead atoms. The van der Waals surface area contributed by atoms with Crippen molar-refractivity contribution < 1.29 is 18.7 Å². The predicted octanol–water partition coefficient (Wildman–Crippen LogP) is 3.24. The van der Waals surface area contributed by atoms with Crippen LogP contribution >= 0.6 is 11.6 Å². The minimum atomic E-state index is -0.435. The number of ether oxygens (including phenoxy) is 1. The summed E-state index contributed by atoms with van der Waals surface area (Å²) in [5.41, 5.74) is 0.291. The van der Waals surface area contributed by atoms with Crippen molar-refractivity contribution in [1.82, 2.24) is 15.1 Å². The van der Waals surface area contributed by atoms with Gasteiger partial charge in [-0.15, -0.1) is 0 Å². The zero-order chi connectivity index (χ0) is 18.4. The molecule has 1 saturated heterocycles. The van der Waals surface area contributed by atoms with Gasteiger partial charge >= 0.3 is 12.1 Å². The van der Waals surface area contributed by atoms with Crippen molar-refractivity contribution in [3.05, 3.63) is 34.6 Å². The smallest absolute Gasteiger partial charge is 0.409 e. The molecule has 3 amide bonds. The van der Waals surface area contributed by atoms with Gasteiger partial charge in [-0.05, 0) is 31.9 Å². The highest BCUT2D eigenvalue weighted by atomic mass is 35.5. The maximum atomic E-state index is 13.8. The van der Waals surface area contributed by atoms with Gasteiger partial charge in [-0.25, -0.2) is 14.0 Å². The van der Waals surface area contributed by atoms with Crippen LogP contribution in [0.25, 0.3) is 0 Å². The van der Waals surface area contributed by atoms with Crippen LogP contribution in [-0.4, -0.2) is 54.7 Å². The van der Waals surface area contributed by atoms with Crippen molar-refractivity contribution in [3.63, 3.8) is 0 Å². The van der Waals surface area contributed by atoms with Gasteiger partial charge in [0.1, 0.15) is 5.82 Å². The third-order valence-corrected chi connectivity index (χ3v) is 4.51. The second kappa shape index (κ2) is 8.89. The molecule has 1 aromatic rings. The quantitative estimate of drug-likeness (QED) is 0.883. The molecule has 0 saturated carbocycles. The molecule has 6 nitrogen and oxygen atoms in total. The van der Waals surface area contributed by atoms with E-state index in [4.69, 9.17) is 16.3 Å². The Bertz CT molecular complexity index is 601. The first-order valence-electron chi connectivity index (χ1n) is 8.28. The van der Waals surface area contributed by atoms with Crippen LogP contribution in [0.3, 0.4) is 0 Å². The molecule has 1 aliphatic rings. The van der Waals surface area contributed by atoms with Crippen LogP contribution in [0, 0.1) is 5.82 Å². The fourth-order valence-electron chi connectivity index (χ4n) is 2.70. The summed E-state index contributed by atoms with van der Waals surface area (Å²) in [5.74, 6) is -0.435. The molecule has 1 aliphatic heterocycles. The Balaban J connectivity index is 1.83. The van der Waals surface area contributed by atoms with Gasteiger partial charge in [0.05, 0.1) is 13.2 Å². The highest BCUT2D eigenvalue weighted by Gasteiger charge is 2.25. The Morgan fingerprint density at radius 3 is 2.68 bits per heavy atom. The molecule has 1 N–H and O–H groups in total. The Hall–Kier alpha value is -2.02. The van der Waals surface area contributed by atoms with E-state index in [0.717, 1.165) is 0 Å². The SMILES string of the molecule is CCOC(=O)N1CCC(NC(=O)N(C)Cc2c(F)cccc2Cl)CC1. The van der Waals surface area contributed by atoms with Gasteiger partial charge in [0, 0.05) is 36.8 Å². The summed E-state index contributed by atoms with van der Waals surface area (Å²) >= 11 is 5.99. The number of hydrogen-bond donors (Lipinski definition) is 1. The molecule has 1 aromatic carbocycles. The van der Waals surface area contributed by atoms with Crippen molar-refractivity contribution in [3.8, 4) is 0 Å². The van der Waals surface area contributed by atoms with E-state index in [-0.39, 0.29) is 24.7 Å². The van der Waals surface area contributed by atoms with Gasteiger partial charge in [-0.2, -0.15) is 0 Å². The lowest BCUT2D eigenvalue weighted by molar-refractivity contribution is 0.0952. The molecule has 2 rings (SSSR count). The monoisotopic (exact) mass is 371 g/mol. The summed E-state index contributed by atoms with van der Waals surface area (Å²) in [6, 6.07) is 4.11. The van der Waals surface area contributed by atoms with E-state index in [2.05, 4.69) is 5.32 Å². The third-order valence-electron chi connectivity index (χ3n) is 4.15. The number of benzene rings is 1. The average Bonchev–Trinajstić information content (AvgIpc) is 2.59. The number of urea groups is 1. The molecule has 1 heterocycles. The first-order valence-corrected chi connectivity index (χ1v) is 8.66. The minimum Gasteiger partial charge on any atom is -0.450 e. The van der Waals surface area contributed by atoms with Crippen LogP contribution in [0.2, 0.25) is 5.02 Å². The molecule has 25 heavy (non-hydrogen) atoms. The molecule has 0 atom stereocenters. The second-order valence-electron chi connectivity index (χ2n) is 5.97. The minimum absolute atomic E-state index is 0.0308. The zero-order valence-electron chi connectivity index (χ0n) is 14.4. The number of carbonyl (C=O) groups is 2. The Labute approximate surface area is 151 Å². The number of halogens is 2. The maximum Gasteiger partial charge on any atom is 0.409 e. The van der Waals surface area contributed by atoms with Gasteiger partial charge in [0.15, 0.2) is 0 Å². The van der Waals surface area contributed by atoms with Crippen molar-refractivity contribution >= 4 is 23.7 Å². The van der Waals surface area contributed by atoms with Crippen LogP contribution in [0.15, 0.2) is 18.2 Å². The summed E-state index contributed by atoms with van der Waals surface area (Å²) in [4.78, 5) is 27.0. The van der Waals surface area contributed by atoms with Crippen LogP contribution in [0.1, 0.15) is 25.3 Å². The highest BCUT2D eigenvalue weighted by Crippen LogP contribution is 2.20. The fraction of sp³-hybridized carbons (Fsp3) is 0.529. The van der Waals surface area contributed by atoms with E-state index in [1.54, 1.807) is 24.9 Å². The molecule has 0 aromatic heterocycles. The van der Waals surface area contributed by atoms with Crippen molar-refractivity contribution in [2.24, 2.45) is 0 Å². The third kappa shape index (κ3) is 5.22. The number of likely N-dealkylation sites (tertiary alicyclic amines) is 1. The number of nitrogens with zero attached hydrogens (tertiary/aromatic N) is 2. The van der Waals surface area contributed by atoms with E-state index in [1.165, 1.54) is 17.0 Å². The van der Waals surface area contributed by atoms with E-state index in [1.807, 2.05) is 0 Å². The number of amides is 3. The Kier molecular flexibility index (Phi) is 6.87. The first-order chi connectivity index (χ1) is 11.9. The predicted molar refractivity (Wildman–Crippen MR) is 93.0 cm³/mol. The van der Waals surface area contributed by atoms with Gasteiger partial charge in [0.25, 0.3) is 0 Å². The summed E-state index contributed by atoms with van der Waals surface area (Å²) in [7, 11) is 1.59. The molecule has 0 aliphatic carbocycles. The standard InChI is InChI=1S/C17H23ClFN3O3/c1-3-25-17(24)22-9-7-12(8-10-22)20-16(23)21(2)11-13-14(18)5-4-6-15(13)19/h4-6,12H,3,7-11H2,1-2H3,(H,20,23). The van der Waals surface area contributed by atoms with Crippen LogP contribution in [0.5, 0.6) is 0 Å². The topological polar surface area (TPSA) is 61.9 Å². The Morgan fingerprint density at radius 2 is 2.08 bits per heavy atom. The van der Waals surface area contributed by atoms with Gasteiger partial charge < -0.3 is 19.9 Å². The fourth-order valence-corrected chi connectivity index (χ4v) is 2.92. The molecule has 1 fully saturated rings. The van der Waals surface area contributed by atoms with Gasteiger partial charge in [-0.1, -0.05) is 17.7 Å². The van der Waals surface area contributed by atoms with E-state index in [0.29, 0.717) is 43.1 Å². The molecule has 0 spiro atoms. The lowest BCUT2D eigenvalue weighted by Gasteiger charge is -2.32. The maximum absolute atomic E-state index is 13.8.